The van der Waals surface area contributed by atoms with Crippen molar-refractivity contribution in [3.8, 4) is 0 Å². The summed E-state index contributed by atoms with van der Waals surface area (Å²) in [6, 6.07) is -0.624. The summed E-state index contributed by atoms with van der Waals surface area (Å²) in [4.78, 5) is 37.1. The summed E-state index contributed by atoms with van der Waals surface area (Å²) < 4.78 is 0. The van der Waals surface area contributed by atoms with E-state index < -0.39 is 30.0 Å². The summed E-state index contributed by atoms with van der Waals surface area (Å²) in [5.41, 5.74) is 5.12. The number of rotatable bonds is 7. The molecular formula is C17H25N3O6S. The van der Waals surface area contributed by atoms with E-state index in [0.717, 1.165) is 0 Å². The Balaban J connectivity index is 1.74. The number of aliphatic carboxylic acids is 1. The van der Waals surface area contributed by atoms with Crippen LogP contribution in [-0.2, 0) is 14.4 Å². The number of carbonyl (C=O) groups is 3. The molecule has 3 heterocycles. The molecule has 2 saturated heterocycles. The Labute approximate surface area is 161 Å². The maximum absolute atomic E-state index is 12.3. The summed E-state index contributed by atoms with van der Waals surface area (Å²) in [7, 11) is 0. The molecule has 150 valence electrons. The summed E-state index contributed by atoms with van der Waals surface area (Å²) >= 11 is 1.40. The normalized spacial score (nSPS) is 35.0. The lowest BCUT2D eigenvalue weighted by Gasteiger charge is -2.46. The van der Waals surface area contributed by atoms with Gasteiger partial charge in [0.1, 0.15) is 5.70 Å². The largest absolute Gasteiger partial charge is 0.477 e. The van der Waals surface area contributed by atoms with E-state index in [1.807, 2.05) is 6.92 Å². The number of hydrogen-bond donors (Lipinski definition) is 5. The molecule has 2 amide bonds. The molecule has 10 heteroatoms. The quantitative estimate of drug-likeness (QED) is 0.336. The Morgan fingerprint density at radius 2 is 2.07 bits per heavy atom. The number of primary amides is 1. The van der Waals surface area contributed by atoms with Gasteiger partial charge in [-0.3, -0.25) is 9.59 Å². The number of carboxylic acids is 1. The van der Waals surface area contributed by atoms with Crippen molar-refractivity contribution in [1.29, 1.82) is 0 Å². The van der Waals surface area contributed by atoms with Crippen molar-refractivity contribution < 1.29 is 29.7 Å². The van der Waals surface area contributed by atoms with Crippen molar-refractivity contribution in [3.63, 3.8) is 0 Å². The second-order valence-corrected chi connectivity index (χ2v) is 8.84. The van der Waals surface area contributed by atoms with Crippen molar-refractivity contribution in [3.05, 3.63) is 10.6 Å². The molecule has 9 nitrogen and oxygen atoms in total. The lowest BCUT2D eigenvalue weighted by molar-refractivity contribution is -0.163. The van der Waals surface area contributed by atoms with Crippen molar-refractivity contribution >= 4 is 29.5 Å². The third-order valence-corrected chi connectivity index (χ3v) is 7.12. The molecule has 0 radical (unpaired) electrons. The second kappa shape index (κ2) is 7.42. The van der Waals surface area contributed by atoms with Gasteiger partial charge in [0.2, 0.25) is 11.8 Å². The van der Waals surface area contributed by atoms with E-state index in [-0.39, 0.29) is 41.3 Å². The monoisotopic (exact) mass is 399 g/mol. The molecule has 0 spiro atoms. The zero-order chi connectivity index (χ0) is 20.0. The SMILES string of the molecule is C[C@@H](O)[C@H]1C(=O)N2C(C(=O)O)=C(S[C@@H]3CN[C@H]([C@H](O)CC(N)=O)C3)[C@H](C)[C@H]12. The van der Waals surface area contributed by atoms with Gasteiger partial charge in [0.25, 0.3) is 0 Å². The minimum Gasteiger partial charge on any atom is -0.477 e. The van der Waals surface area contributed by atoms with Crippen LogP contribution in [0.1, 0.15) is 26.7 Å². The topological polar surface area (TPSA) is 153 Å². The molecular weight excluding hydrogens is 374 g/mol. The Morgan fingerprint density at radius 3 is 2.63 bits per heavy atom. The molecule has 27 heavy (non-hydrogen) atoms. The molecule has 0 bridgehead atoms. The fourth-order valence-corrected chi connectivity index (χ4v) is 5.82. The molecule has 3 rings (SSSR count). The van der Waals surface area contributed by atoms with Gasteiger partial charge in [0.15, 0.2) is 0 Å². The van der Waals surface area contributed by atoms with E-state index in [9.17, 15) is 29.7 Å². The molecule has 0 saturated carbocycles. The van der Waals surface area contributed by atoms with E-state index >= 15 is 0 Å². The first-order valence-corrected chi connectivity index (χ1v) is 9.86. The first-order valence-electron chi connectivity index (χ1n) is 8.98. The van der Waals surface area contributed by atoms with Gasteiger partial charge in [-0.25, -0.2) is 4.79 Å². The molecule has 3 aliphatic heterocycles. The van der Waals surface area contributed by atoms with E-state index in [2.05, 4.69) is 5.32 Å². The highest BCUT2D eigenvalue weighted by Crippen LogP contribution is 2.51. The van der Waals surface area contributed by atoms with Crippen LogP contribution in [0.5, 0.6) is 0 Å². The molecule has 7 atom stereocenters. The van der Waals surface area contributed by atoms with Gasteiger partial charge < -0.3 is 31.3 Å². The summed E-state index contributed by atoms with van der Waals surface area (Å²) in [5.74, 6) is -2.85. The van der Waals surface area contributed by atoms with Gasteiger partial charge >= 0.3 is 5.97 Å². The highest BCUT2D eigenvalue weighted by atomic mass is 32.2. The number of carboxylic acid groups (broad SMARTS) is 1. The zero-order valence-corrected chi connectivity index (χ0v) is 16.0. The number of aliphatic hydroxyl groups is 2. The van der Waals surface area contributed by atoms with E-state index in [4.69, 9.17) is 5.73 Å². The van der Waals surface area contributed by atoms with Crippen LogP contribution in [0.2, 0.25) is 0 Å². The number of β-lactam (4-membered cyclic amide) rings is 1. The van der Waals surface area contributed by atoms with Crippen LogP contribution in [0.4, 0.5) is 0 Å². The number of aliphatic hydroxyl groups excluding tert-OH is 2. The summed E-state index contributed by atoms with van der Waals surface area (Å²) in [5, 5.41) is 32.7. The number of nitrogens with one attached hydrogen (secondary N) is 1. The summed E-state index contributed by atoms with van der Waals surface area (Å²) in [6.07, 6.45) is -1.29. The van der Waals surface area contributed by atoms with Gasteiger partial charge in [0.05, 0.1) is 30.6 Å². The average molecular weight is 399 g/mol. The highest BCUT2D eigenvalue weighted by molar-refractivity contribution is 8.03. The van der Waals surface area contributed by atoms with Gasteiger partial charge in [-0.1, -0.05) is 6.92 Å². The number of hydrogen-bond acceptors (Lipinski definition) is 7. The third kappa shape index (κ3) is 3.46. The van der Waals surface area contributed by atoms with Crippen LogP contribution < -0.4 is 11.1 Å². The number of carbonyl (C=O) groups excluding carboxylic acids is 2. The lowest BCUT2D eigenvalue weighted by atomic mass is 9.79. The highest BCUT2D eigenvalue weighted by Gasteiger charge is 2.60. The van der Waals surface area contributed by atoms with Crippen LogP contribution in [0.3, 0.4) is 0 Å². The van der Waals surface area contributed by atoms with Crippen LogP contribution >= 0.6 is 11.8 Å². The molecule has 0 aromatic carbocycles. The van der Waals surface area contributed by atoms with Crippen molar-refractivity contribution in [1.82, 2.24) is 10.2 Å². The Morgan fingerprint density at radius 1 is 1.41 bits per heavy atom. The molecule has 6 N–H and O–H groups in total. The predicted octanol–water partition coefficient (Wildman–Crippen LogP) is -1.16. The first kappa shape index (κ1) is 20.1. The first-order chi connectivity index (χ1) is 12.6. The Hall–Kier alpha value is -1.62. The lowest BCUT2D eigenvalue weighted by Crippen LogP contribution is -2.63. The standard InChI is InChI=1S/C17H25N3O6S/c1-6-13-12(7(2)21)16(24)20(13)14(17(25)26)15(6)27-8-3-9(19-5-8)10(22)4-11(18)23/h6-10,12-13,19,21-22H,3-5H2,1-2H3,(H2,18,23)(H,25,26)/t6-,7-,8+,9+,10-,12-,13-/m1/s1. The minimum atomic E-state index is -1.15. The van der Waals surface area contributed by atoms with Crippen LogP contribution in [0.25, 0.3) is 0 Å². The zero-order valence-electron chi connectivity index (χ0n) is 15.2. The van der Waals surface area contributed by atoms with Gasteiger partial charge in [0, 0.05) is 28.7 Å². The van der Waals surface area contributed by atoms with E-state index in [1.165, 1.54) is 16.7 Å². The molecule has 2 fully saturated rings. The number of nitrogens with zero attached hydrogens (tertiary/aromatic N) is 1. The Bertz CT molecular complexity index is 696. The summed E-state index contributed by atoms with van der Waals surface area (Å²) in [6.45, 7) is 3.97. The average Bonchev–Trinajstić information content (AvgIpc) is 3.10. The van der Waals surface area contributed by atoms with Crippen molar-refractivity contribution in [2.24, 2.45) is 17.6 Å². The molecule has 0 aromatic heterocycles. The molecule has 0 aromatic rings. The van der Waals surface area contributed by atoms with Crippen molar-refractivity contribution in [2.75, 3.05) is 6.54 Å². The maximum Gasteiger partial charge on any atom is 0.353 e. The molecule has 0 unspecified atom stereocenters. The van der Waals surface area contributed by atoms with Crippen LogP contribution in [-0.4, -0.2) is 74.1 Å². The maximum atomic E-state index is 12.3. The van der Waals surface area contributed by atoms with Gasteiger partial charge in [-0.15, -0.1) is 11.8 Å². The van der Waals surface area contributed by atoms with Gasteiger partial charge in [-0.2, -0.15) is 0 Å². The van der Waals surface area contributed by atoms with E-state index in [0.29, 0.717) is 17.9 Å². The Kier molecular flexibility index (Phi) is 5.53. The second-order valence-electron chi connectivity index (χ2n) is 7.50. The number of fused-ring (bicyclic) bond motifs is 1. The predicted molar refractivity (Wildman–Crippen MR) is 97.2 cm³/mol. The molecule has 3 aliphatic rings. The number of thioether (sulfide) groups is 1. The fourth-order valence-electron chi connectivity index (χ4n) is 4.32. The third-order valence-electron chi connectivity index (χ3n) is 5.60. The van der Waals surface area contributed by atoms with Gasteiger partial charge in [-0.05, 0) is 13.3 Å². The smallest absolute Gasteiger partial charge is 0.353 e. The van der Waals surface area contributed by atoms with Crippen LogP contribution in [0.15, 0.2) is 10.6 Å². The van der Waals surface area contributed by atoms with Crippen molar-refractivity contribution in [2.45, 2.75) is 56.2 Å². The fraction of sp³-hybridized carbons (Fsp3) is 0.706. The minimum absolute atomic E-state index is 0.000495. The number of nitrogens with two attached hydrogens (primary N) is 1. The number of amides is 2. The molecule has 0 aliphatic carbocycles. The van der Waals surface area contributed by atoms with E-state index in [1.54, 1.807) is 6.92 Å². The van der Waals surface area contributed by atoms with Crippen LogP contribution in [0, 0.1) is 11.8 Å².